The Hall–Kier alpha value is -1.32. The van der Waals surface area contributed by atoms with E-state index < -0.39 is 0 Å². The summed E-state index contributed by atoms with van der Waals surface area (Å²) in [6.45, 7) is 6.46. The van der Waals surface area contributed by atoms with Gasteiger partial charge < -0.3 is 10.2 Å². The molecule has 1 atom stereocenters. The summed E-state index contributed by atoms with van der Waals surface area (Å²) in [7, 11) is 0. The van der Waals surface area contributed by atoms with Gasteiger partial charge in [-0.15, -0.1) is 0 Å². The van der Waals surface area contributed by atoms with E-state index in [-0.39, 0.29) is 30.3 Å². The Kier molecular flexibility index (Phi) is 3.88. The molecule has 1 aliphatic heterocycles. The molecule has 1 rings (SSSR count). The van der Waals surface area contributed by atoms with Gasteiger partial charge in [0, 0.05) is 6.54 Å². The predicted molar refractivity (Wildman–Crippen MR) is 58.2 cm³/mol. The zero-order valence-electron chi connectivity index (χ0n) is 9.49. The van der Waals surface area contributed by atoms with Crippen molar-refractivity contribution in [1.29, 1.82) is 0 Å². The van der Waals surface area contributed by atoms with Crippen LogP contribution >= 0.6 is 0 Å². The molecule has 0 saturated carbocycles. The molecular formula is C11H18N2O2. The van der Waals surface area contributed by atoms with Crippen LogP contribution in [0.2, 0.25) is 0 Å². The molecule has 1 aliphatic rings. The van der Waals surface area contributed by atoms with Crippen molar-refractivity contribution in [2.75, 3.05) is 13.1 Å². The quantitative estimate of drug-likeness (QED) is 0.691. The summed E-state index contributed by atoms with van der Waals surface area (Å²) < 4.78 is 0. The van der Waals surface area contributed by atoms with Crippen LogP contribution in [-0.2, 0) is 9.59 Å². The van der Waals surface area contributed by atoms with E-state index >= 15 is 0 Å². The third-order valence-electron chi connectivity index (χ3n) is 2.46. The van der Waals surface area contributed by atoms with E-state index in [4.69, 9.17) is 0 Å². The molecule has 1 saturated heterocycles. The number of amides is 2. The molecule has 1 fully saturated rings. The zero-order chi connectivity index (χ0) is 11.4. The molecule has 0 radical (unpaired) electrons. The number of carbonyl (C=O) groups excluding carboxylic acids is 2. The lowest BCUT2D eigenvalue weighted by Gasteiger charge is -2.33. The van der Waals surface area contributed by atoms with Gasteiger partial charge in [-0.2, -0.15) is 0 Å². The van der Waals surface area contributed by atoms with Crippen molar-refractivity contribution in [3.8, 4) is 0 Å². The molecule has 4 heteroatoms. The van der Waals surface area contributed by atoms with Gasteiger partial charge in [-0.25, -0.2) is 0 Å². The van der Waals surface area contributed by atoms with Gasteiger partial charge in [0.15, 0.2) is 0 Å². The van der Waals surface area contributed by atoms with Crippen molar-refractivity contribution in [3.63, 3.8) is 0 Å². The van der Waals surface area contributed by atoms with Crippen LogP contribution in [0.1, 0.15) is 20.8 Å². The Morgan fingerprint density at radius 3 is 2.73 bits per heavy atom. The molecular weight excluding hydrogens is 192 g/mol. The molecule has 0 aromatic carbocycles. The molecule has 0 aromatic rings. The Balaban J connectivity index is 2.72. The number of hydrogen-bond donors (Lipinski definition) is 1. The van der Waals surface area contributed by atoms with Crippen LogP contribution in [-0.4, -0.2) is 35.8 Å². The summed E-state index contributed by atoms with van der Waals surface area (Å²) in [5, 5.41) is 2.72. The summed E-state index contributed by atoms with van der Waals surface area (Å²) in [5.41, 5.74) is 0. The average molecular weight is 210 g/mol. The van der Waals surface area contributed by atoms with Crippen LogP contribution in [0.5, 0.6) is 0 Å². The van der Waals surface area contributed by atoms with Crippen LogP contribution in [0.3, 0.4) is 0 Å². The fraction of sp³-hybridized carbons (Fsp3) is 0.636. The van der Waals surface area contributed by atoms with E-state index in [1.54, 1.807) is 4.90 Å². The molecule has 0 spiro atoms. The number of carbonyl (C=O) groups is 2. The number of piperazine rings is 1. The highest BCUT2D eigenvalue weighted by Crippen LogP contribution is 2.10. The van der Waals surface area contributed by atoms with Crippen LogP contribution in [0.4, 0.5) is 0 Å². The monoisotopic (exact) mass is 210 g/mol. The maximum absolute atomic E-state index is 11.9. The second-order valence-corrected chi connectivity index (χ2v) is 4.08. The summed E-state index contributed by atoms with van der Waals surface area (Å²) in [6.07, 6.45) is 3.76. The summed E-state index contributed by atoms with van der Waals surface area (Å²) in [6, 6.07) is -0.364. The van der Waals surface area contributed by atoms with Gasteiger partial charge in [-0.05, 0) is 12.8 Å². The molecule has 2 amide bonds. The van der Waals surface area contributed by atoms with Gasteiger partial charge in [0.25, 0.3) is 0 Å². The first kappa shape index (κ1) is 11.8. The molecule has 0 aromatic heterocycles. The Labute approximate surface area is 90.3 Å². The first-order valence-corrected chi connectivity index (χ1v) is 5.25. The molecule has 4 nitrogen and oxygen atoms in total. The maximum Gasteiger partial charge on any atom is 0.246 e. The molecule has 1 unspecified atom stereocenters. The lowest BCUT2D eigenvalue weighted by Crippen LogP contribution is -2.59. The standard InChI is InChI=1S/C11H18N2O2/c1-4-5-6-13-7-9(14)12-10(8(2)3)11(13)15/h4-5,8,10H,6-7H2,1-3H3,(H,12,14)/b5-4+. The normalized spacial score (nSPS) is 22.7. The highest BCUT2D eigenvalue weighted by atomic mass is 16.2. The number of nitrogens with one attached hydrogen (secondary N) is 1. The van der Waals surface area contributed by atoms with E-state index in [0.717, 1.165) is 0 Å². The van der Waals surface area contributed by atoms with E-state index in [0.29, 0.717) is 6.54 Å². The number of allylic oxidation sites excluding steroid dienone is 1. The van der Waals surface area contributed by atoms with Crippen molar-refractivity contribution in [3.05, 3.63) is 12.2 Å². The smallest absolute Gasteiger partial charge is 0.246 e. The molecule has 15 heavy (non-hydrogen) atoms. The van der Waals surface area contributed by atoms with E-state index in [2.05, 4.69) is 5.32 Å². The molecule has 1 heterocycles. The van der Waals surface area contributed by atoms with E-state index in [1.165, 1.54) is 0 Å². The van der Waals surface area contributed by atoms with Crippen LogP contribution in [0, 0.1) is 5.92 Å². The lowest BCUT2D eigenvalue weighted by molar-refractivity contribution is -0.144. The Morgan fingerprint density at radius 1 is 1.53 bits per heavy atom. The van der Waals surface area contributed by atoms with Gasteiger partial charge in [0.2, 0.25) is 11.8 Å². The summed E-state index contributed by atoms with van der Waals surface area (Å²) >= 11 is 0. The molecule has 84 valence electrons. The van der Waals surface area contributed by atoms with Crippen LogP contribution < -0.4 is 5.32 Å². The third-order valence-corrected chi connectivity index (χ3v) is 2.46. The second-order valence-electron chi connectivity index (χ2n) is 4.08. The molecule has 0 aliphatic carbocycles. The number of hydrogen-bond acceptors (Lipinski definition) is 2. The minimum atomic E-state index is -0.364. The van der Waals surface area contributed by atoms with Crippen molar-refractivity contribution < 1.29 is 9.59 Å². The van der Waals surface area contributed by atoms with Gasteiger partial charge in [0.05, 0.1) is 6.54 Å². The zero-order valence-corrected chi connectivity index (χ0v) is 9.49. The van der Waals surface area contributed by atoms with E-state index in [9.17, 15) is 9.59 Å². The van der Waals surface area contributed by atoms with Crippen LogP contribution in [0.15, 0.2) is 12.2 Å². The minimum absolute atomic E-state index is 0.0164. The predicted octanol–water partition coefficient (Wildman–Crippen LogP) is 0.545. The molecule has 0 bridgehead atoms. The summed E-state index contributed by atoms with van der Waals surface area (Å²) in [4.78, 5) is 24.9. The SMILES string of the molecule is C/C=C/CN1CC(=O)NC(C(C)C)C1=O. The van der Waals surface area contributed by atoms with Crippen molar-refractivity contribution in [2.24, 2.45) is 5.92 Å². The van der Waals surface area contributed by atoms with Gasteiger partial charge in [-0.1, -0.05) is 26.0 Å². The largest absolute Gasteiger partial charge is 0.343 e. The van der Waals surface area contributed by atoms with Crippen molar-refractivity contribution in [1.82, 2.24) is 10.2 Å². The first-order chi connectivity index (χ1) is 7.06. The fourth-order valence-corrected chi connectivity index (χ4v) is 1.57. The Morgan fingerprint density at radius 2 is 2.20 bits per heavy atom. The highest BCUT2D eigenvalue weighted by molar-refractivity contribution is 5.95. The van der Waals surface area contributed by atoms with E-state index in [1.807, 2.05) is 32.9 Å². The topological polar surface area (TPSA) is 49.4 Å². The van der Waals surface area contributed by atoms with Gasteiger partial charge in [-0.3, -0.25) is 9.59 Å². The number of rotatable bonds is 3. The number of nitrogens with zero attached hydrogens (tertiary/aromatic N) is 1. The minimum Gasteiger partial charge on any atom is -0.343 e. The first-order valence-electron chi connectivity index (χ1n) is 5.25. The highest BCUT2D eigenvalue weighted by Gasteiger charge is 2.33. The Bertz CT molecular complexity index is 284. The van der Waals surface area contributed by atoms with Crippen molar-refractivity contribution in [2.45, 2.75) is 26.8 Å². The van der Waals surface area contributed by atoms with Gasteiger partial charge in [0.1, 0.15) is 6.04 Å². The summed E-state index contributed by atoms with van der Waals surface area (Å²) in [5.74, 6) is 0.0790. The maximum atomic E-state index is 11.9. The fourth-order valence-electron chi connectivity index (χ4n) is 1.57. The lowest BCUT2D eigenvalue weighted by atomic mass is 10.0. The van der Waals surface area contributed by atoms with Crippen LogP contribution in [0.25, 0.3) is 0 Å². The van der Waals surface area contributed by atoms with Crippen molar-refractivity contribution >= 4 is 11.8 Å². The average Bonchev–Trinajstić information content (AvgIpc) is 2.18. The van der Waals surface area contributed by atoms with Gasteiger partial charge >= 0.3 is 0 Å². The second kappa shape index (κ2) is 4.96. The third kappa shape index (κ3) is 2.81. The molecule has 1 N–H and O–H groups in total.